The fourth-order valence-corrected chi connectivity index (χ4v) is 0.813. The van der Waals surface area contributed by atoms with Crippen LogP contribution in [0.2, 0.25) is 0 Å². The van der Waals surface area contributed by atoms with Gasteiger partial charge in [0.1, 0.15) is 0 Å². The Labute approximate surface area is 60.3 Å². The lowest BCUT2D eigenvalue weighted by molar-refractivity contribution is 1.17. The summed E-state index contributed by atoms with van der Waals surface area (Å²) in [6.07, 6.45) is 3.99. The lowest BCUT2D eigenvalue weighted by Crippen LogP contribution is -1.98. The Morgan fingerprint density at radius 1 is 1.67 bits per heavy atom. The van der Waals surface area contributed by atoms with Crippen molar-refractivity contribution < 1.29 is 0 Å². The number of rotatable bonds is 0. The maximum Gasteiger partial charge on any atom is 0.0828 e. The number of thiocarbonyl (C=S) groups is 1. The van der Waals surface area contributed by atoms with Gasteiger partial charge in [0.2, 0.25) is 0 Å². The molecule has 48 valence electrons. The molecule has 0 N–H and O–H groups in total. The van der Waals surface area contributed by atoms with Crippen LogP contribution in [0, 0.1) is 6.92 Å². The van der Waals surface area contributed by atoms with E-state index in [1.54, 1.807) is 0 Å². The molecule has 1 aromatic heterocycles. The fraction of sp³-hybridized carbons (Fsp3) is 0.286. The molecule has 1 aromatic rings. The average molecular weight is 139 g/mol. The van der Waals surface area contributed by atoms with E-state index in [4.69, 9.17) is 12.2 Å². The SMILES string of the molecule is CC(=S)n1ccc(C)c1. The zero-order chi connectivity index (χ0) is 6.85. The van der Waals surface area contributed by atoms with Gasteiger partial charge in [-0.15, -0.1) is 0 Å². The van der Waals surface area contributed by atoms with Crippen molar-refractivity contribution in [3.05, 3.63) is 24.0 Å². The van der Waals surface area contributed by atoms with E-state index < -0.39 is 0 Å². The largest absolute Gasteiger partial charge is 0.318 e. The molecule has 1 nitrogen and oxygen atoms in total. The summed E-state index contributed by atoms with van der Waals surface area (Å²) in [5.41, 5.74) is 1.25. The summed E-state index contributed by atoms with van der Waals surface area (Å²) in [5, 5.41) is 0. The molecule has 0 aliphatic rings. The molecule has 0 aliphatic carbocycles. The first-order chi connectivity index (χ1) is 4.20. The summed E-state index contributed by atoms with van der Waals surface area (Å²) in [6.45, 7) is 3.96. The van der Waals surface area contributed by atoms with Crippen LogP contribution in [0.5, 0.6) is 0 Å². The molecular formula is C7H9NS. The first kappa shape index (κ1) is 6.49. The van der Waals surface area contributed by atoms with Crippen LogP contribution in [0.15, 0.2) is 18.5 Å². The van der Waals surface area contributed by atoms with Gasteiger partial charge in [-0.3, -0.25) is 0 Å². The average Bonchev–Trinajstić information content (AvgIpc) is 2.14. The van der Waals surface area contributed by atoms with Gasteiger partial charge in [0, 0.05) is 12.4 Å². The molecule has 0 saturated carbocycles. The molecule has 0 fully saturated rings. The number of aryl methyl sites for hydroxylation is 1. The molecule has 0 spiro atoms. The van der Waals surface area contributed by atoms with Gasteiger partial charge in [0.05, 0.1) is 4.99 Å². The number of aromatic nitrogens is 1. The molecule has 0 unspecified atom stereocenters. The summed E-state index contributed by atoms with van der Waals surface area (Å²) in [7, 11) is 0. The Bertz CT molecular complexity index is 225. The fourth-order valence-electron chi connectivity index (χ4n) is 0.699. The molecule has 2 heteroatoms. The van der Waals surface area contributed by atoms with E-state index in [0.717, 1.165) is 4.99 Å². The van der Waals surface area contributed by atoms with Crippen molar-refractivity contribution in [1.29, 1.82) is 0 Å². The minimum Gasteiger partial charge on any atom is -0.318 e. The van der Waals surface area contributed by atoms with Crippen molar-refractivity contribution in [2.75, 3.05) is 0 Å². The standard InChI is InChI=1S/C7H9NS/c1-6-3-4-8(5-6)7(2)9/h3-5H,1-2H3. The van der Waals surface area contributed by atoms with Gasteiger partial charge >= 0.3 is 0 Å². The molecule has 0 radical (unpaired) electrons. The highest BCUT2D eigenvalue weighted by Gasteiger charge is 1.90. The maximum absolute atomic E-state index is 4.94. The van der Waals surface area contributed by atoms with Crippen molar-refractivity contribution in [2.24, 2.45) is 0 Å². The van der Waals surface area contributed by atoms with Crippen molar-refractivity contribution >= 4 is 17.2 Å². The van der Waals surface area contributed by atoms with Crippen LogP contribution in [-0.2, 0) is 0 Å². The molecule has 1 rings (SSSR count). The van der Waals surface area contributed by atoms with Crippen LogP contribution in [0.1, 0.15) is 12.5 Å². The predicted octanol–water partition coefficient (Wildman–Crippen LogP) is 1.99. The number of hydrogen-bond donors (Lipinski definition) is 0. The second-order valence-corrected chi connectivity index (χ2v) is 2.71. The van der Waals surface area contributed by atoms with Crippen LogP contribution in [0.3, 0.4) is 0 Å². The highest BCUT2D eigenvalue weighted by atomic mass is 32.1. The van der Waals surface area contributed by atoms with Gasteiger partial charge in [0.15, 0.2) is 0 Å². The smallest absolute Gasteiger partial charge is 0.0828 e. The topological polar surface area (TPSA) is 4.93 Å². The molecule has 0 bridgehead atoms. The Balaban J connectivity index is 2.98. The maximum atomic E-state index is 4.94. The highest BCUT2D eigenvalue weighted by Crippen LogP contribution is 1.97. The first-order valence-electron chi connectivity index (χ1n) is 2.85. The second kappa shape index (κ2) is 2.31. The Morgan fingerprint density at radius 3 is 2.56 bits per heavy atom. The van der Waals surface area contributed by atoms with Crippen LogP contribution in [0.4, 0.5) is 0 Å². The highest BCUT2D eigenvalue weighted by molar-refractivity contribution is 7.80. The van der Waals surface area contributed by atoms with E-state index in [9.17, 15) is 0 Å². The minimum absolute atomic E-state index is 0.892. The summed E-state index contributed by atoms with van der Waals surface area (Å²) >= 11 is 4.94. The van der Waals surface area contributed by atoms with Gasteiger partial charge in [-0.25, -0.2) is 0 Å². The molecule has 0 aromatic carbocycles. The van der Waals surface area contributed by atoms with Crippen LogP contribution < -0.4 is 0 Å². The molecule has 1 heterocycles. The van der Waals surface area contributed by atoms with E-state index in [1.807, 2.05) is 30.0 Å². The molecule has 9 heavy (non-hydrogen) atoms. The Kier molecular flexibility index (Phi) is 1.67. The van der Waals surface area contributed by atoms with E-state index in [0.29, 0.717) is 0 Å². The van der Waals surface area contributed by atoms with Crippen LogP contribution >= 0.6 is 12.2 Å². The van der Waals surface area contributed by atoms with Gasteiger partial charge in [-0.1, -0.05) is 12.2 Å². The lowest BCUT2D eigenvalue weighted by Gasteiger charge is -1.93. The summed E-state index contributed by atoms with van der Waals surface area (Å²) < 4.78 is 1.94. The van der Waals surface area contributed by atoms with Crippen LogP contribution in [-0.4, -0.2) is 9.56 Å². The quantitative estimate of drug-likeness (QED) is 0.498. The predicted molar refractivity (Wildman–Crippen MR) is 42.8 cm³/mol. The van der Waals surface area contributed by atoms with E-state index in [-0.39, 0.29) is 0 Å². The van der Waals surface area contributed by atoms with Crippen molar-refractivity contribution in [3.8, 4) is 0 Å². The molecule has 0 atom stereocenters. The second-order valence-electron chi connectivity index (χ2n) is 2.12. The van der Waals surface area contributed by atoms with Gasteiger partial charge in [0.25, 0.3) is 0 Å². The van der Waals surface area contributed by atoms with E-state index in [1.165, 1.54) is 5.56 Å². The van der Waals surface area contributed by atoms with Gasteiger partial charge in [-0.05, 0) is 25.5 Å². The van der Waals surface area contributed by atoms with Crippen LogP contribution in [0.25, 0.3) is 0 Å². The molecule has 0 amide bonds. The van der Waals surface area contributed by atoms with E-state index in [2.05, 4.69) is 6.92 Å². The third kappa shape index (κ3) is 1.39. The zero-order valence-corrected chi connectivity index (χ0v) is 6.40. The molecular weight excluding hydrogens is 130 g/mol. The summed E-state index contributed by atoms with van der Waals surface area (Å²) in [5.74, 6) is 0. The van der Waals surface area contributed by atoms with Gasteiger partial charge in [-0.2, -0.15) is 0 Å². The Morgan fingerprint density at radius 2 is 2.33 bits per heavy atom. The summed E-state index contributed by atoms with van der Waals surface area (Å²) in [4.78, 5) is 0.892. The van der Waals surface area contributed by atoms with Crippen molar-refractivity contribution in [1.82, 2.24) is 4.57 Å². The summed E-state index contributed by atoms with van der Waals surface area (Å²) in [6, 6.07) is 2.04. The first-order valence-corrected chi connectivity index (χ1v) is 3.26. The number of nitrogens with zero attached hydrogens (tertiary/aromatic N) is 1. The third-order valence-electron chi connectivity index (χ3n) is 1.20. The molecule has 0 saturated heterocycles. The lowest BCUT2D eigenvalue weighted by atomic mass is 10.4. The zero-order valence-electron chi connectivity index (χ0n) is 5.59. The monoisotopic (exact) mass is 139 g/mol. The van der Waals surface area contributed by atoms with Crippen molar-refractivity contribution in [3.63, 3.8) is 0 Å². The number of hydrogen-bond acceptors (Lipinski definition) is 1. The normalized spacial score (nSPS) is 9.56. The molecule has 0 aliphatic heterocycles. The minimum atomic E-state index is 0.892. The third-order valence-corrected chi connectivity index (χ3v) is 1.42. The van der Waals surface area contributed by atoms with E-state index >= 15 is 0 Å². The Hall–Kier alpha value is -0.630. The van der Waals surface area contributed by atoms with Crippen molar-refractivity contribution in [2.45, 2.75) is 13.8 Å². The van der Waals surface area contributed by atoms with Gasteiger partial charge < -0.3 is 4.57 Å².